The number of rotatable bonds is 1. The second kappa shape index (κ2) is 3.72. The molecule has 0 aliphatic heterocycles. The molecule has 1 rings (SSSR count). The molecular formula is C9H10ClF. The predicted molar refractivity (Wildman–Crippen MR) is 46.1 cm³/mol. The Morgan fingerprint density at radius 2 is 2.36 bits per heavy atom. The molecule has 0 aromatic carbocycles. The summed E-state index contributed by atoms with van der Waals surface area (Å²) >= 11 is 5.79. The van der Waals surface area contributed by atoms with Crippen LogP contribution in [0.2, 0.25) is 0 Å². The van der Waals surface area contributed by atoms with Crippen LogP contribution in [0.25, 0.3) is 0 Å². The first-order valence-electron chi connectivity index (χ1n) is 3.65. The van der Waals surface area contributed by atoms with Crippen LogP contribution in [0.3, 0.4) is 0 Å². The normalized spacial score (nSPS) is 18.3. The minimum Gasteiger partial charge on any atom is -0.211 e. The van der Waals surface area contributed by atoms with E-state index >= 15 is 0 Å². The SMILES string of the molecule is CCC1=C(Cl)C=C(F)CC=C1. The van der Waals surface area contributed by atoms with Gasteiger partial charge in [-0.3, -0.25) is 0 Å². The summed E-state index contributed by atoms with van der Waals surface area (Å²) in [5.74, 6) is -0.172. The van der Waals surface area contributed by atoms with E-state index < -0.39 is 0 Å². The molecule has 0 fully saturated rings. The summed E-state index contributed by atoms with van der Waals surface area (Å²) in [6.45, 7) is 2.00. The van der Waals surface area contributed by atoms with Crippen molar-refractivity contribution in [3.05, 3.63) is 34.7 Å². The molecule has 0 aromatic heterocycles. The average molecular weight is 173 g/mol. The lowest BCUT2D eigenvalue weighted by molar-refractivity contribution is 0.618. The maximum Gasteiger partial charge on any atom is 0.105 e. The van der Waals surface area contributed by atoms with Crippen LogP contribution in [0.5, 0.6) is 0 Å². The van der Waals surface area contributed by atoms with Crippen LogP contribution in [-0.4, -0.2) is 0 Å². The molecule has 0 unspecified atom stereocenters. The molecule has 0 aromatic rings. The molecule has 0 heterocycles. The summed E-state index contributed by atoms with van der Waals surface area (Å²) < 4.78 is 12.7. The van der Waals surface area contributed by atoms with Gasteiger partial charge in [-0.05, 0) is 18.1 Å². The zero-order valence-corrected chi connectivity index (χ0v) is 7.16. The van der Waals surface area contributed by atoms with Gasteiger partial charge in [0.2, 0.25) is 0 Å². The quantitative estimate of drug-likeness (QED) is 0.566. The van der Waals surface area contributed by atoms with Crippen molar-refractivity contribution in [3.8, 4) is 0 Å². The molecule has 0 bridgehead atoms. The fraction of sp³-hybridized carbons (Fsp3) is 0.333. The smallest absolute Gasteiger partial charge is 0.105 e. The molecule has 2 heteroatoms. The van der Waals surface area contributed by atoms with Gasteiger partial charge in [-0.1, -0.05) is 30.7 Å². The van der Waals surface area contributed by atoms with E-state index in [1.807, 2.05) is 13.0 Å². The van der Waals surface area contributed by atoms with Crippen molar-refractivity contribution >= 4 is 11.6 Å². The number of allylic oxidation sites excluding steroid dienone is 6. The standard InChI is InChI=1S/C9H10ClF/c1-2-7-4-3-5-8(11)6-9(7)10/h3-4,6H,2,5H2,1H3. The van der Waals surface area contributed by atoms with Crippen LogP contribution < -0.4 is 0 Å². The molecule has 0 spiro atoms. The van der Waals surface area contributed by atoms with Crippen LogP contribution in [0.15, 0.2) is 34.7 Å². The first-order chi connectivity index (χ1) is 5.24. The minimum absolute atomic E-state index is 0.172. The Morgan fingerprint density at radius 3 is 3.00 bits per heavy atom. The van der Waals surface area contributed by atoms with Crippen LogP contribution in [0.4, 0.5) is 4.39 Å². The predicted octanol–water partition coefficient (Wildman–Crippen LogP) is 3.70. The van der Waals surface area contributed by atoms with E-state index in [2.05, 4.69) is 0 Å². The molecule has 0 nitrogen and oxygen atoms in total. The lowest BCUT2D eigenvalue weighted by atomic mass is 10.2. The zero-order chi connectivity index (χ0) is 8.27. The van der Waals surface area contributed by atoms with Crippen molar-refractivity contribution in [3.63, 3.8) is 0 Å². The third-order valence-electron chi connectivity index (χ3n) is 1.60. The lowest BCUT2D eigenvalue weighted by Gasteiger charge is -1.95. The van der Waals surface area contributed by atoms with E-state index in [-0.39, 0.29) is 5.83 Å². The van der Waals surface area contributed by atoms with Gasteiger partial charge in [0, 0.05) is 11.5 Å². The molecule has 0 N–H and O–H groups in total. The summed E-state index contributed by atoms with van der Waals surface area (Å²) in [6, 6.07) is 0. The molecule has 0 atom stereocenters. The number of hydrogen-bond donors (Lipinski definition) is 0. The summed E-state index contributed by atoms with van der Waals surface area (Å²) in [4.78, 5) is 0. The highest BCUT2D eigenvalue weighted by molar-refractivity contribution is 6.31. The fourth-order valence-corrected chi connectivity index (χ4v) is 1.28. The summed E-state index contributed by atoms with van der Waals surface area (Å²) in [5.41, 5.74) is 0.999. The van der Waals surface area contributed by atoms with Gasteiger partial charge in [-0.25, -0.2) is 4.39 Å². The van der Waals surface area contributed by atoms with E-state index in [1.54, 1.807) is 6.08 Å². The summed E-state index contributed by atoms with van der Waals surface area (Å²) in [6.07, 6.45) is 6.27. The Balaban J connectivity index is 2.96. The van der Waals surface area contributed by atoms with Gasteiger partial charge in [-0.2, -0.15) is 0 Å². The van der Waals surface area contributed by atoms with Crippen molar-refractivity contribution in [1.82, 2.24) is 0 Å². The summed E-state index contributed by atoms with van der Waals surface area (Å²) in [5, 5.41) is 0.527. The van der Waals surface area contributed by atoms with Crippen LogP contribution >= 0.6 is 11.6 Å². The topological polar surface area (TPSA) is 0 Å². The van der Waals surface area contributed by atoms with Crippen molar-refractivity contribution in [2.24, 2.45) is 0 Å². The van der Waals surface area contributed by atoms with Gasteiger partial charge in [-0.15, -0.1) is 0 Å². The largest absolute Gasteiger partial charge is 0.211 e. The maximum atomic E-state index is 12.7. The molecule has 0 saturated carbocycles. The van der Waals surface area contributed by atoms with E-state index in [0.29, 0.717) is 11.5 Å². The molecule has 1 aliphatic rings. The lowest BCUT2D eigenvalue weighted by Crippen LogP contribution is -1.76. The first kappa shape index (κ1) is 8.54. The van der Waals surface area contributed by atoms with Crippen LogP contribution in [0, 0.1) is 0 Å². The van der Waals surface area contributed by atoms with Crippen molar-refractivity contribution in [1.29, 1.82) is 0 Å². The monoisotopic (exact) mass is 172 g/mol. The number of hydrogen-bond acceptors (Lipinski definition) is 0. The number of halogens is 2. The van der Waals surface area contributed by atoms with E-state index in [1.165, 1.54) is 6.08 Å². The molecule has 0 radical (unpaired) electrons. The van der Waals surface area contributed by atoms with Gasteiger partial charge in [0.05, 0.1) is 0 Å². The van der Waals surface area contributed by atoms with Crippen molar-refractivity contribution < 1.29 is 4.39 Å². The molecular weight excluding hydrogens is 163 g/mol. The van der Waals surface area contributed by atoms with E-state index in [9.17, 15) is 4.39 Å². The molecule has 0 amide bonds. The van der Waals surface area contributed by atoms with E-state index in [4.69, 9.17) is 11.6 Å². The van der Waals surface area contributed by atoms with Crippen LogP contribution in [-0.2, 0) is 0 Å². The highest BCUT2D eigenvalue weighted by Gasteiger charge is 2.02. The third-order valence-corrected chi connectivity index (χ3v) is 1.95. The highest BCUT2D eigenvalue weighted by atomic mass is 35.5. The summed E-state index contributed by atoms with van der Waals surface area (Å²) in [7, 11) is 0. The molecule has 1 aliphatic carbocycles. The zero-order valence-electron chi connectivity index (χ0n) is 6.40. The molecule has 11 heavy (non-hydrogen) atoms. The molecule has 60 valence electrons. The third kappa shape index (κ3) is 2.19. The highest BCUT2D eigenvalue weighted by Crippen LogP contribution is 2.22. The fourth-order valence-electron chi connectivity index (χ4n) is 0.969. The van der Waals surface area contributed by atoms with Crippen molar-refractivity contribution in [2.45, 2.75) is 19.8 Å². The van der Waals surface area contributed by atoms with Gasteiger partial charge < -0.3 is 0 Å². The Bertz CT molecular complexity index is 236. The van der Waals surface area contributed by atoms with E-state index in [0.717, 1.165) is 12.0 Å². The minimum atomic E-state index is -0.172. The Hall–Kier alpha value is -0.560. The Morgan fingerprint density at radius 1 is 1.64 bits per heavy atom. The maximum absolute atomic E-state index is 12.7. The molecule has 0 saturated heterocycles. The second-order valence-electron chi connectivity index (χ2n) is 2.42. The first-order valence-corrected chi connectivity index (χ1v) is 4.03. The second-order valence-corrected chi connectivity index (χ2v) is 2.83. The average Bonchev–Trinajstić information content (AvgIpc) is 2.11. The Kier molecular flexibility index (Phi) is 2.89. The van der Waals surface area contributed by atoms with Gasteiger partial charge in [0.1, 0.15) is 5.83 Å². The Labute approximate surface area is 71.1 Å². The van der Waals surface area contributed by atoms with Gasteiger partial charge >= 0.3 is 0 Å². The van der Waals surface area contributed by atoms with Gasteiger partial charge in [0.25, 0.3) is 0 Å². The van der Waals surface area contributed by atoms with Crippen LogP contribution in [0.1, 0.15) is 19.8 Å². The van der Waals surface area contributed by atoms with Crippen molar-refractivity contribution in [2.75, 3.05) is 0 Å². The van der Waals surface area contributed by atoms with Gasteiger partial charge in [0.15, 0.2) is 0 Å².